The molecule has 5 heteroatoms. The quantitative estimate of drug-likeness (QED) is 0.621. The van der Waals surface area contributed by atoms with E-state index >= 15 is 0 Å². The van der Waals surface area contributed by atoms with Gasteiger partial charge in [-0.1, -0.05) is 13.3 Å². The lowest BCUT2D eigenvalue weighted by Crippen LogP contribution is -2.38. The van der Waals surface area contributed by atoms with Crippen LogP contribution in [0.2, 0.25) is 0 Å². The molecule has 0 saturated carbocycles. The molecule has 1 aliphatic heterocycles. The number of amides is 2. The Bertz CT molecular complexity index is 211. The minimum Gasteiger partial charge on any atom is -0.395 e. The highest BCUT2D eigenvalue weighted by atomic mass is 16.3. The van der Waals surface area contributed by atoms with Crippen molar-refractivity contribution in [3.8, 4) is 0 Å². The normalized spacial score (nSPS) is 15.9. The minimum absolute atomic E-state index is 0.0411. The van der Waals surface area contributed by atoms with Gasteiger partial charge in [0, 0.05) is 32.7 Å². The maximum Gasteiger partial charge on any atom is 0.317 e. The largest absolute Gasteiger partial charge is 0.395 e. The molecule has 94 valence electrons. The van der Waals surface area contributed by atoms with Crippen molar-refractivity contribution in [3.63, 3.8) is 0 Å². The second-order valence-corrected chi connectivity index (χ2v) is 4.14. The Morgan fingerprint density at radius 3 is 2.81 bits per heavy atom. The molecule has 16 heavy (non-hydrogen) atoms. The smallest absolute Gasteiger partial charge is 0.317 e. The van der Waals surface area contributed by atoms with Crippen LogP contribution in [-0.2, 0) is 0 Å². The average molecular weight is 229 g/mol. The van der Waals surface area contributed by atoms with Crippen molar-refractivity contribution < 1.29 is 9.90 Å². The van der Waals surface area contributed by atoms with E-state index < -0.39 is 0 Å². The Kier molecular flexibility index (Phi) is 6.18. The fraction of sp³-hybridized carbons (Fsp3) is 0.909. The highest BCUT2D eigenvalue weighted by Crippen LogP contribution is 1.99. The number of urea groups is 1. The molecule has 1 rings (SSSR count). The number of unbranched alkanes of at least 4 members (excludes halogenated alkanes) is 1. The van der Waals surface area contributed by atoms with Gasteiger partial charge >= 0.3 is 6.03 Å². The van der Waals surface area contributed by atoms with E-state index in [4.69, 9.17) is 5.11 Å². The Morgan fingerprint density at radius 1 is 1.44 bits per heavy atom. The molecule has 0 aromatic rings. The molecule has 0 spiro atoms. The first-order valence-corrected chi connectivity index (χ1v) is 6.14. The fourth-order valence-electron chi connectivity index (χ4n) is 1.85. The third kappa shape index (κ3) is 4.37. The highest BCUT2D eigenvalue weighted by Gasteiger charge is 2.19. The summed E-state index contributed by atoms with van der Waals surface area (Å²) in [7, 11) is 0. The molecule has 0 atom stereocenters. The Hall–Kier alpha value is -0.810. The third-order valence-corrected chi connectivity index (χ3v) is 2.88. The third-order valence-electron chi connectivity index (χ3n) is 2.88. The van der Waals surface area contributed by atoms with Gasteiger partial charge in [-0.05, 0) is 13.0 Å². The first-order valence-electron chi connectivity index (χ1n) is 6.14. The van der Waals surface area contributed by atoms with Gasteiger partial charge in [0.15, 0.2) is 0 Å². The monoisotopic (exact) mass is 229 g/mol. The molecule has 2 amide bonds. The number of nitrogens with one attached hydrogen (secondary N) is 1. The molecule has 5 nitrogen and oxygen atoms in total. The van der Waals surface area contributed by atoms with Crippen LogP contribution in [-0.4, -0.2) is 66.8 Å². The molecular weight excluding hydrogens is 206 g/mol. The second kappa shape index (κ2) is 7.46. The fourth-order valence-corrected chi connectivity index (χ4v) is 1.85. The Morgan fingerprint density at radius 2 is 2.25 bits per heavy atom. The van der Waals surface area contributed by atoms with Gasteiger partial charge in [0.05, 0.1) is 6.61 Å². The average Bonchev–Trinajstić information content (AvgIpc) is 2.68. The van der Waals surface area contributed by atoms with Crippen LogP contribution in [0.4, 0.5) is 4.79 Å². The van der Waals surface area contributed by atoms with E-state index in [0.29, 0.717) is 6.54 Å². The zero-order valence-electron chi connectivity index (χ0n) is 10.1. The number of carbonyl (C=O) groups excluding carboxylic acids is 1. The lowest BCUT2D eigenvalue weighted by atomic mass is 10.3. The van der Waals surface area contributed by atoms with E-state index in [-0.39, 0.29) is 12.6 Å². The molecule has 1 fully saturated rings. The second-order valence-electron chi connectivity index (χ2n) is 4.14. The molecule has 0 aromatic heterocycles. The molecule has 0 aliphatic carbocycles. The molecule has 0 bridgehead atoms. The van der Waals surface area contributed by atoms with E-state index in [1.807, 2.05) is 4.90 Å². The first kappa shape index (κ1) is 13.3. The van der Waals surface area contributed by atoms with Gasteiger partial charge in [0.25, 0.3) is 0 Å². The number of carbonyl (C=O) groups is 1. The van der Waals surface area contributed by atoms with Crippen molar-refractivity contribution in [2.75, 3.05) is 45.9 Å². The van der Waals surface area contributed by atoms with Crippen LogP contribution in [0.1, 0.15) is 19.8 Å². The summed E-state index contributed by atoms with van der Waals surface area (Å²) in [4.78, 5) is 15.4. The van der Waals surface area contributed by atoms with Crippen LogP contribution < -0.4 is 5.32 Å². The van der Waals surface area contributed by atoms with E-state index in [1.165, 1.54) is 0 Å². The summed E-state index contributed by atoms with van der Waals surface area (Å²) in [6.45, 7) is 7.24. The molecule has 0 radical (unpaired) electrons. The lowest BCUT2D eigenvalue weighted by molar-refractivity contribution is 0.174. The van der Waals surface area contributed by atoms with E-state index in [9.17, 15) is 4.79 Å². The first-order chi connectivity index (χ1) is 7.77. The number of hydrogen-bond donors (Lipinski definition) is 2. The topological polar surface area (TPSA) is 55.8 Å². The Balaban J connectivity index is 2.22. The Labute approximate surface area is 97.4 Å². The van der Waals surface area contributed by atoms with E-state index in [1.54, 1.807) is 0 Å². The SMILES string of the molecule is CCCCN(CCO)CCN1CCNC1=O. The van der Waals surface area contributed by atoms with E-state index in [0.717, 1.165) is 45.6 Å². The van der Waals surface area contributed by atoms with Crippen molar-refractivity contribution in [2.24, 2.45) is 0 Å². The van der Waals surface area contributed by atoms with Crippen LogP contribution in [0.25, 0.3) is 0 Å². The summed E-state index contributed by atoms with van der Waals surface area (Å²) >= 11 is 0. The maximum absolute atomic E-state index is 11.3. The van der Waals surface area contributed by atoms with Crippen molar-refractivity contribution in [1.29, 1.82) is 0 Å². The van der Waals surface area contributed by atoms with Crippen LogP contribution in [0.15, 0.2) is 0 Å². The van der Waals surface area contributed by atoms with Crippen molar-refractivity contribution in [2.45, 2.75) is 19.8 Å². The molecule has 0 aromatic carbocycles. The van der Waals surface area contributed by atoms with Gasteiger partial charge in [-0.25, -0.2) is 4.79 Å². The number of rotatable bonds is 8. The van der Waals surface area contributed by atoms with Gasteiger partial charge in [-0.3, -0.25) is 4.90 Å². The minimum atomic E-state index is 0.0411. The molecule has 2 N–H and O–H groups in total. The molecule has 1 saturated heterocycles. The molecule has 1 aliphatic rings. The highest BCUT2D eigenvalue weighted by molar-refractivity contribution is 5.76. The molecule has 0 unspecified atom stereocenters. The van der Waals surface area contributed by atoms with Crippen molar-refractivity contribution in [1.82, 2.24) is 15.1 Å². The van der Waals surface area contributed by atoms with Crippen LogP contribution in [0.5, 0.6) is 0 Å². The summed E-state index contributed by atoms with van der Waals surface area (Å²) in [5.41, 5.74) is 0. The summed E-state index contributed by atoms with van der Waals surface area (Å²) in [6, 6.07) is 0.0411. The van der Waals surface area contributed by atoms with E-state index in [2.05, 4.69) is 17.1 Å². The number of nitrogens with zero attached hydrogens (tertiary/aromatic N) is 2. The molecule has 1 heterocycles. The van der Waals surface area contributed by atoms with Crippen LogP contribution in [0, 0.1) is 0 Å². The lowest BCUT2D eigenvalue weighted by Gasteiger charge is -2.23. The van der Waals surface area contributed by atoms with Crippen LogP contribution in [0.3, 0.4) is 0 Å². The van der Waals surface area contributed by atoms with Gasteiger partial charge in [-0.2, -0.15) is 0 Å². The number of hydrogen-bond acceptors (Lipinski definition) is 3. The van der Waals surface area contributed by atoms with Gasteiger partial charge in [0.2, 0.25) is 0 Å². The summed E-state index contributed by atoms with van der Waals surface area (Å²) in [6.07, 6.45) is 2.30. The number of aliphatic hydroxyl groups is 1. The van der Waals surface area contributed by atoms with Gasteiger partial charge in [-0.15, -0.1) is 0 Å². The predicted molar refractivity (Wildman–Crippen MR) is 63.4 cm³/mol. The van der Waals surface area contributed by atoms with Gasteiger partial charge < -0.3 is 15.3 Å². The maximum atomic E-state index is 11.3. The standard InChI is InChI=1S/C11H23N3O2/c1-2-3-5-13(9-10-15)7-8-14-6-4-12-11(14)16/h15H,2-10H2,1H3,(H,12,16). The number of aliphatic hydroxyl groups excluding tert-OH is 1. The summed E-state index contributed by atoms with van der Waals surface area (Å²) < 4.78 is 0. The predicted octanol–water partition coefficient (Wildman–Crippen LogP) is 0.106. The van der Waals surface area contributed by atoms with Gasteiger partial charge in [0.1, 0.15) is 0 Å². The summed E-state index contributed by atoms with van der Waals surface area (Å²) in [5, 5.41) is 11.7. The van der Waals surface area contributed by atoms with Crippen molar-refractivity contribution in [3.05, 3.63) is 0 Å². The zero-order chi connectivity index (χ0) is 11.8. The van der Waals surface area contributed by atoms with Crippen molar-refractivity contribution >= 4 is 6.03 Å². The molecular formula is C11H23N3O2. The zero-order valence-corrected chi connectivity index (χ0v) is 10.1. The summed E-state index contributed by atoms with van der Waals surface area (Å²) in [5.74, 6) is 0. The van der Waals surface area contributed by atoms with Crippen LogP contribution >= 0.6 is 0 Å².